The maximum atomic E-state index is 12.3. The topological polar surface area (TPSA) is 52.0 Å². The number of ether oxygens (including phenoxy) is 2. The molecule has 2 aromatic rings. The molecule has 1 heterocycles. The molecule has 1 aliphatic rings. The van der Waals surface area contributed by atoms with E-state index in [0.717, 1.165) is 44.2 Å². The number of benzene rings is 2. The van der Waals surface area contributed by atoms with Crippen LogP contribution in [-0.2, 0) is 17.8 Å². The Morgan fingerprint density at radius 3 is 2.56 bits per heavy atom. The first kappa shape index (κ1) is 17.5. The first-order chi connectivity index (χ1) is 12.3. The summed E-state index contributed by atoms with van der Waals surface area (Å²) in [4.78, 5) is 13.9. The van der Waals surface area contributed by atoms with Gasteiger partial charge in [0.25, 0.3) is 5.91 Å². The molecule has 5 heteroatoms. The van der Waals surface area contributed by atoms with E-state index in [1.165, 1.54) is 10.5 Å². The van der Waals surface area contributed by atoms with Gasteiger partial charge in [-0.15, -0.1) is 0 Å². The molecule has 1 fully saturated rings. The van der Waals surface area contributed by atoms with Gasteiger partial charge in [-0.3, -0.25) is 4.79 Å². The molecule has 0 spiro atoms. The Kier molecular flexibility index (Phi) is 6.04. The van der Waals surface area contributed by atoms with Crippen LogP contribution in [0.4, 0.5) is 0 Å². The molecular formula is C20H25N2O3+. The molecule has 1 saturated heterocycles. The third kappa shape index (κ3) is 4.81. The van der Waals surface area contributed by atoms with Gasteiger partial charge in [0.15, 0.2) is 0 Å². The number of morpholine rings is 1. The number of rotatable bonds is 6. The minimum absolute atomic E-state index is 0.0730. The Hall–Kier alpha value is -2.37. The van der Waals surface area contributed by atoms with Gasteiger partial charge in [0, 0.05) is 23.2 Å². The second-order valence-electron chi connectivity index (χ2n) is 6.23. The molecule has 5 nitrogen and oxygen atoms in total. The lowest BCUT2D eigenvalue weighted by Gasteiger charge is -2.23. The first-order valence-corrected chi connectivity index (χ1v) is 8.66. The Morgan fingerprint density at radius 1 is 1.12 bits per heavy atom. The van der Waals surface area contributed by atoms with Gasteiger partial charge < -0.3 is 19.7 Å². The van der Waals surface area contributed by atoms with E-state index in [9.17, 15) is 4.79 Å². The highest BCUT2D eigenvalue weighted by atomic mass is 16.5. The molecule has 1 amide bonds. The standard InChI is InChI=1S/C20H24N2O3/c1-24-19-5-3-2-4-18(19)14-21-20(23)17-8-6-16(7-9-17)15-22-10-12-25-13-11-22/h2-9H,10-15H2,1H3,(H,21,23)/p+1. The summed E-state index contributed by atoms with van der Waals surface area (Å²) in [5.74, 6) is 0.711. The van der Waals surface area contributed by atoms with Crippen LogP contribution in [0.15, 0.2) is 48.5 Å². The van der Waals surface area contributed by atoms with E-state index in [2.05, 4.69) is 5.32 Å². The Morgan fingerprint density at radius 2 is 1.84 bits per heavy atom. The number of methoxy groups -OCH3 is 1. The molecule has 0 saturated carbocycles. The quantitative estimate of drug-likeness (QED) is 0.826. The van der Waals surface area contributed by atoms with Crippen molar-refractivity contribution >= 4 is 5.91 Å². The van der Waals surface area contributed by atoms with Gasteiger partial charge in [0.2, 0.25) is 0 Å². The molecule has 0 bridgehead atoms. The molecule has 2 aromatic carbocycles. The average molecular weight is 341 g/mol. The Balaban J connectivity index is 1.55. The van der Waals surface area contributed by atoms with E-state index in [0.29, 0.717) is 12.1 Å². The highest BCUT2D eigenvalue weighted by Gasteiger charge is 2.14. The largest absolute Gasteiger partial charge is 0.496 e. The van der Waals surface area contributed by atoms with Gasteiger partial charge >= 0.3 is 0 Å². The van der Waals surface area contributed by atoms with E-state index in [-0.39, 0.29) is 5.91 Å². The fraction of sp³-hybridized carbons (Fsp3) is 0.350. The summed E-state index contributed by atoms with van der Waals surface area (Å²) in [6.07, 6.45) is 0. The van der Waals surface area contributed by atoms with E-state index < -0.39 is 0 Å². The smallest absolute Gasteiger partial charge is 0.251 e. The first-order valence-electron chi connectivity index (χ1n) is 8.66. The summed E-state index contributed by atoms with van der Waals surface area (Å²) in [5, 5.41) is 2.95. The second-order valence-corrected chi connectivity index (χ2v) is 6.23. The molecule has 0 atom stereocenters. The van der Waals surface area contributed by atoms with Crippen molar-refractivity contribution in [1.82, 2.24) is 5.32 Å². The summed E-state index contributed by atoms with van der Waals surface area (Å²) in [6, 6.07) is 15.6. The number of amides is 1. The number of hydrogen-bond acceptors (Lipinski definition) is 3. The fourth-order valence-electron chi connectivity index (χ4n) is 3.03. The summed E-state index contributed by atoms with van der Waals surface area (Å²) in [5.41, 5.74) is 2.89. The molecule has 0 radical (unpaired) electrons. The maximum Gasteiger partial charge on any atom is 0.251 e. The molecule has 3 rings (SSSR count). The van der Waals surface area contributed by atoms with Crippen LogP contribution in [0.5, 0.6) is 5.75 Å². The van der Waals surface area contributed by atoms with Crippen LogP contribution in [0.1, 0.15) is 21.5 Å². The van der Waals surface area contributed by atoms with Crippen molar-refractivity contribution in [2.75, 3.05) is 33.4 Å². The van der Waals surface area contributed by atoms with Gasteiger partial charge in [0.1, 0.15) is 25.4 Å². The molecule has 2 N–H and O–H groups in total. The van der Waals surface area contributed by atoms with Crippen LogP contribution in [0, 0.1) is 0 Å². The predicted molar refractivity (Wildman–Crippen MR) is 95.8 cm³/mol. The number of para-hydroxylation sites is 1. The number of nitrogens with one attached hydrogen (secondary N) is 2. The lowest BCUT2D eigenvalue weighted by Crippen LogP contribution is -3.12. The predicted octanol–water partition coefficient (Wildman–Crippen LogP) is 1.04. The molecule has 0 unspecified atom stereocenters. The molecule has 25 heavy (non-hydrogen) atoms. The minimum Gasteiger partial charge on any atom is -0.496 e. The van der Waals surface area contributed by atoms with Gasteiger partial charge in [-0.25, -0.2) is 0 Å². The van der Waals surface area contributed by atoms with E-state index >= 15 is 0 Å². The van der Waals surface area contributed by atoms with E-state index in [1.807, 2.05) is 48.5 Å². The van der Waals surface area contributed by atoms with Gasteiger partial charge in [-0.1, -0.05) is 30.3 Å². The SMILES string of the molecule is COc1ccccc1CNC(=O)c1ccc(C[NH+]2CCOCC2)cc1. The highest BCUT2D eigenvalue weighted by molar-refractivity contribution is 5.94. The van der Waals surface area contributed by atoms with Crippen molar-refractivity contribution < 1.29 is 19.2 Å². The highest BCUT2D eigenvalue weighted by Crippen LogP contribution is 2.16. The zero-order valence-corrected chi connectivity index (χ0v) is 14.6. The zero-order valence-electron chi connectivity index (χ0n) is 14.6. The Bertz CT molecular complexity index is 694. The van der Waals surface area contributed by atoms with Crippen LogP contribution >= 0.6 is 0 Å². The molecule has 0 aliphatic carbocycles. The van der Waals surface area contributed by atoms with Gasteiger partial charge in [-0.05, 0) is 18.2 Å². The van der Waals surface area contributed by atoms with Crippen LogP contribution in [0.3, 0.4) is 0 Å². The number of carbonyl (C=O) groups is 1. The summed E-state index contributed by atoms with van der Waals surface area (Å²) >= 11 is 0. The second kappa shape index (κ2) is 8.65. The van der Waals surface area contributed by atoms with Crippen LogP contribution < -0.4 is 15.0 Å². The maximum absolute atomic E-state index is 12.3. The third-order valence-electron chi connectivity index (χ3n) is 4.50. The monoisotopic (exact) mass is 341 g/mol. The lowest BCUT2D eigenvalue weighted by atomic mass is 10.1. The molecule has 0 aromatic heterocycles. The zero-order chi connectivity index (χ0) is 17.5. The number of carbonyl (C=O) groups excluding carboxylic acids is 1. The van der Waals surface area contributed by atoms with Crippen LogP contribution in [0.2, 0.25) is 0 Å². The van der Waals surface area contributed by atoms with Gasteiger partial charge in [0.05, 0.1) is 20.3 Å². The third-order valence-corrected chi connectivity index (χ3v) is 4.50. The van der Waals surface area contributed by atoms with E-state index in [1.54, 1.807) is 7.11 Å². The molecule has 132 valence electrons. The van der Waals surface area contributed by atoms with Crippen molar-refractivity contribution in [3.05, 3.63) is 65.2 Å². The normalized spacial score (nSPS) is 14.9. The average Bonchev–Trinajstić information content (AvgIpc) is 2.67. The minimum atomic E-state index is -0.0730. The van der Waals surface area contributed by atoms with Crippen molar-refractivity contribution in [1.29, 1.82) is 0 Å². The number of hydrogen-bond donors (Lipinski definition) is 2. The number of quaternary nitrogens is 1. The van der Waals surface area contributed by atoms with E-state index in [4.69, 9.17) is 9.47 Å². The van der Waals surface area contributed by atoms with Crippen molar-refractivity contribution in [2.45, 2.75) is 13.1 Å². The lowest BCUT2D eigenvalue weighted by molar-refractivity contribution is -0.921. The molecular weight excluding hydrogens is 316 g/mol. The summed E-state index contributed by atoms with van der Waals surface area (Å²) in [6.45, 7) is 5.18. The van der Waals surface area contributed by atoms with Crippen molar-refractivity contribution in [2.24, 2.45) is 0 Å². The van der Waals surface area contributed by atoms with Crippen molar-refractivity contribution in [3.8, 4) is 5.75 Å². The van der Waals surface area contributed by atoms with Gasteiger partial charge in [-0.2, -0.15) is 0 Å². The molecule has 1 aliphatic heterocycles. The van der Waals surface area contributed by atoms with Crippen LogP contribution in [0.25, 0.3) is 0 Å². The van der Waals surface area contributed by atoms with Crippen LogP contribution in [-0.4, -0.2) is 39.3 Å². The Labute approximate surface area is 148 Å². The summed E-state index contributed by atoms with van der Waals surface area (Å²) in [7, 11) is 1.63. The summed E-state index contributed by atoms with van der Waals surface area (Å²) < 4.78 is 10.7. The fourth-order valence-corrected chi connectivity index (χ4v) is 3.03. The van der Waals surface area contributed by atoms with Crippen molar-refractivity contribution in [3.63, 3.8) is 0 Å².